The number of hydrogen-bond acceptors (Lipinski definition) is 3. The molecule has 0 radical (unpaired) electrons. The van der Waals surface area contributed by atoms with Crippen molar-refractivity contribution in [2.24, 2.45) is 5.92 Å². The van der Waals surface area contributed by atoms with Gasteiger partial charge in [0.25, 0.3) is 0 Å². The van der Waals surface area contributed by atoms with Crippen LogP contribution in [-0.4, -0.2) is 44.1 Å². The summed E-state index contributed by atoms with van der Waals surface area (Å²) in [5.74, 6) is -0.619. The van der Waals surface area contributed by atoms with Gasteiger partial charge in [-0.05, 0) is 19.2 Å². The topological polar surface area (TPSA) is 41.6 Å². The summed E-state index contributed by atoms with van der Waals surface area (Å²) >= 11 is 11.8. The third-order valence-electron chi connectivity index (χ3n) is 3.70. The number of nitrogens with one attached hydrogen (secondary N) is 1. The number of hydrogen-bond donors (Lipinski definition) is 1. The van der Waals surface area contributed by atoms with Gasteiger partial charge in [0, 0.05) is 29.6 Å². The zero-order valence-electron chi connectivity index (χ0n) is 12.5. The fourth-order valence-corrected chi connectivity index (χ4v) is 3.03. The molecule has 2 unspecified atom stereocenters. The highest BCUT2D eigenvalue weighted by molar-refractivity contribution is 6.35. The van der Waals surface area contributed by atoms with Crippen molar-refractivity contribution in [3.63, 3.8) is 0 Å². The molecule has 1 aliphatic rings. The molecule has 0 bridgehead atoms. The van der Waals surface area contributed by atoms with E-state index in [-0.39, 0.29) is 16.8 Å². The van der Waals surface area contributed by atoms with E-state index < -0.39 is 11.9 Å². The van der Waals surface area contributed by atoms with Gasteiger partial charge in [0.05, 0.1) is 18.2 Å². The van der Waals surface area contributed by atoms with E-state index in [0.717, 1.165) is 0 Å². The maximum atomic E-state index is 13.7. The van der Waals surface area contributed by atoms with Crippen molar-refractivity contribution in [1.29, 1.82) is 0 Å². The lowest BCUT2D eigenvalue weighted by Crippen LogP contribution is -2.46. The maximum absolute atomic E-state index is 13.7. The monoisotopic (exact) mass is 348 g/mol. The number of morpholine rings is 1. The van der Waals surface area contributed by atoms with Crippen molar-refractivity contribution in [3.05, 3.63) is 33.6 Å². The molecule has 1 N–H and O–H groups in total. The lowest BCUT2D eigenvalue weighted by molar-refractivity contribution is -0.142. The van der Waals surface area contributed by atoms with E-state index in [1.54, 1.807) is 4.90 Å². The first kappa shape index (κ1) is 17.5. The largest absolute Gasteiger partial charge is 0.370 e. The summed E-state index contributed by atoms with van der Waals surface area (Å²) in [4.78, 5) is 14.1. The van der Waals surface area contributed by atoms with Gasteiger partial charge in [-0.1, -0.05) is 30.1 Å². The van der Waals surface area contributed by atoms with Gasteiger partial charge in [-0.3, -0.25) is 4.79 Å². The molecule has 0 saturated carbocycles. The Balaban J connectivity index is 2.14. The van der Waals surface area contributed by atoms with Gasteiger partial charge in [-0.25, -0.2) is 4.39 Å². The standard InChI is InChI=1S/C15H19Cl2FN2O2/c1-9(7-19-2)15(21)20-3-4-22-14(8-20)10-5-13(18)12(17)6-11(10)16/h5-6,9,14,19H,3-4,7-8H2,1-2H3. The van der Waals surface area contributed by atoms with Crippen LogP contribution < -0.4 is 5.32 Å². The highest BCUT2D eigenvalue weighted by Gasteiger charge is 2.29. The normalized spacial score (nSPS) is 20.0. The quantitative estimate of drug-likeness (QED) is 0.850. The molecule has 0 aliphatic carbocycles. The molecule has 1 aliphatic heterocycles. The summed E-state index contributed by atoms with van der Waals surface area (Å²) in [6, 6.07) is 2.64. The van der Waals surface area contributed by atoms with E-state index in [9.17, 15) is 9.18 Å². The molecule has 1 amide bonds. The highest BCUT2D eigenvalue weighted by Crippen LogP contribution is 2.32. The fraction of sp³-hybridized carbons (Fsp3) is 0.533. The summed E-state index contributed by atoms with van der Waals surface area (Å²) < 4.78 is 19.3. The fourth-order valence-electron chi connectivity index (χ4n) is 2.53. The van der Waals surface area contributed by atoms with Gasteiger partial charge in [0.2, 0.25) is 5.91 Å². The maximum Gasteiger partial charge on any atom is 0.226 e. The third-order valence-corrected chi connectivity index (χ3v) is 4.31. The van der Waals surface area contributed by atoms with Crippen LogP contribution in [0, 0.1) is 11.7 Å². The molecule has 2 rings (SSSR count). The predicted molar refractivity (Wildman–Crippen MR) is 84.8 cm³/mol. The minimum absolute atomic E-state index is 0.0277. The first-order valence-corrected chi connectivity index (χ1v) is 7.89. The molecular formula is C15H19Cl2FN2O2. The van der Waals surface area contributed by atoms with Crippen molar-refractivity contribution >= 4 is 29.1 Å². The van der Waals surface area contributed by atoms with E-state index in [0.29, 0.717) is 36.8 Å². The van der Waals surface area contributed by atoms with Gasteiger partial charge in [0.1, 0.15) is 11.9 Å². The summed E-state index contributed by atoms with van der Waals surface area (Å²) in [5.41, 5.74) is 0.516. The number of amides is 1. The summed E-state index contributed by atoms with van der Waals surface area (Å²) in [6.07, 6.45) is -0.446. The van der Waals surface area contributed by atoms with Crippen molar-refractivity contribution in [2.45, 2.75) is 13.0 Å². The van der Waals surface area contributed by atoms with E-state index in [2.05, 4.69) is 5.32 Å². The Morgan fingerprint density at radius 3 is 2.91 bits per heavy atom. The van der Waals surface area contributed by atoms with Crippen LogP contribution in [0.15, 0.2) is 12.1 Å². The van der Waals surface area contributed by atoms with E-state index >= 15 is 0 Å². The zero-order valence-corrected chi connectivity index (χ0v) is 14.0. The zero-order chi connectivity index (χ0) is 16.3. The van der Waals surface area contributed by atoms with Crippen LogP contribution in [-0.2, 0) is 9.53 Å². The SMILES string of the molecule is CNCC(C)C(=O)N1CCOC(c2cc(F)c(Cl)cc2Cl)C1. The average molecular weight is 349 g/mol. The van der Waals surface area contributed by atoms with Crippen molar-refractivity contribution in [3.8, 4) is 0 Å². The highest BCUT2D eigenvalue weighted by atomic mass is 35.5. The summed E-state index contributed by atoms with van der Waals surface area (Å²) in [6.45, 7) is 3.75. The second-order valence-electron chi connectivity index (χ2n) is 5.39. The molecule has 1 fully saturated rings. The van der Waals surface area contributed by atoms with Crippen LogP contribution in [0.5, 0.6) is 0 Å². The first-order valence-electron chi connectivity index (χ1n) is 7.13. The molecule has 4 nitrogen and oxygen atoms in total. The van der Waals surface area contributed by atoms with Crippen LogP contribution in [0.2, 0.25) is 10.0 Å². The molecule has 1 aromatic rings. The van der Waals surface area contributed by atoms with Gasteiger partial charge in [0.15, 0.2) is 0 Å². The van der Waals surface area contributed by atoms with E-state index in [1.165, 1.54) is 12.1 Å². The van der Waals surface area contributed by atoms with Gasteiger partial charge >= 0.3 is 0 Å². The Morgan fingerprint density at radius 2 is 2.23 bits per heavy atom. The minimum Gasteiger partial charge on any atom is -0.370 e. The lowest BCUT2D eigenvalue weighted by Gasteiger charge is -2.35. The van der Waals surface area contributed by atoms with Crippen LogP contribution in [0.4, 0.5) is 4.39 Å². The molecule has 7 heteroatoms. The Bertz CT molecular complexity index is 557. The number of benzene rings is 1. The molecule has 1 saturated heterocycles. The predicted octanol–water partition coefficient (Wildman–Crippen LogP) is 2.89. The number of halogens is 3. The molecular weight excluding hydrogens is 330 g/mol. The molecule has 1 aromatic carbocycles. The number of carbonyl (C=O) groups excluding carboxylic acids is 1. The number of carbonyl (C=O) groups is 1. The molecule has 22 heavy (non-hydrogen) atoms. The molecule has 0 aromatic heterocycles. The van der Waals surface area contributed by atoms with Gasteiger partial charge in [-0.15, -0.1) is 0 Å². The first-order chi connectivity index (χ1) is 10.4. The van der Waals surface area contributed by atoms with Crippen molar-refractivity contribution < 1.29 is 13.9 Å². The van der Waals surface area contributed by atoms with Crippen LogP contribution >= 0.6 is 23.2 Å². The Hall–Kier alpha value is -0.880. The number of rotatable bonds is 4. The second kappa shape index (κ2) is 7.59. The lowest BCUT2D eigenvalue weighted by atomic mass is 10.1. The number of ether oxygens (including phenoxy) is 1. The van der Waals surface area contributed by atoms with Crippen LogP contribution in [0.25, 0.3) is 0 Å². The minimum atomic E-state index is -0.545. The van der Waals surface area contributed by atoms with E-state index in [1.807, 2.05) is 14.0 Å². The summed E-state index contributed by atoms with van der Waals surface area (Å²) in [5, 5.41) is 3.30. The van der Waals surface area contributed by atoms with Gasteiger partial charge < -0.3 is 15.0 Å². The summed E-state index contributed by atoms with van der Waals surface area (Å²) in [7, 11) is 1.81. The smallest absolute Gasteiger partial charge is 0.226 e. The molecule has 122 valence electrons. The Kier molecular flexibility index (Phi) is 6.03. The van der Waals surface area contributed by atoms with Crippen molar-refractivity contribution in [2.75, 3.05) is 33.3 Å². The number of nitrogens with zero attached hydrogens (tertiary/aromatic N) is 1. The third kappa shape index (κ3) is 3.90. The molecule has 1 heterocycles. The van der Waals surface area contributed by atoms with Crippen LogP contribution in [0.3, 0.4) is 0 Å². The van der Waals surface area contributed by atoms with E-state index in [4.69, 9.17) is 27.9 Å². The second-order valence-corrected chi connectivity index (χ2v) is 6.20. The Morgan fingerprint density at radius 1 is 1.50 bits per heavy atom. The molecule has 2 atom stereocenters. The Labute approximate surface area is 139 Å². The van der Waals surface area contributed by atoms with Crippen LogP contribution in [0.1, 0.15) is 18.6 Å². The average Bonchev–Trinajstić information content (AvgIpc) is 2.50. The molecule has 0 spiro atoms. The van der Waals surface area contributed by atoms with Crippen molar-refractivity contribution in [1.82, 2.24) is 10.2 Å². The van der Waals surface area contributed by atoms with Gasteiger partial charge in [-0.2, -0.15) is 0 Å².